The van der Waals surface area contributed by atoms with Gasteiger partial charge in [0.2, 0.25) is 0 Å². The van der Waals surface area contributed by atoms with E-state index < -0.39 is 0 Å². The molecule has 0 radical (unpaired) electrons. The van der Waals surface area contributed by atoms with Crippen molar-refractivity contribution in [2.24, 2.45) is 0 Å². The summed E-state index contributed by atoms with van der Waals surface area (Å²) in [4.78, 5) is 13.2. The monoisotopic (exact) mass is 329 g/mol. The number of nitrogens with one attached hydrogen (secondary N) is 2. The quantitative estimate of drug-likeness (QED) is 0.776. The molecule has 0 saturated carbocycles. The van der Waals surface area contributed by atoms with Crippen molar-refractivity contribution >= 4 is 11.6 Å². The largest absolute Gasteiger partial charge is 0.497 e. The third kappa shape index (κ3) is 5.59. The highest BCUT2D eigenvalue weighted by Crippen LogP contribution is 2.14. The Labute approximate surface area is 143 Å². The second kappa shape index (κ2) is 8.93. The maximum atomic E-state index is 12.1. The summed E-state index contributed by atoms with van der Waals surface area (Å²) in [7, 11) is 3.62. The van der Waals surface area contributed by atoms with E-state index in [1.54, 1.807) is 7.11 Å². The number of benzene rings is 2. The minimum absolute atomic E-state index is 0.0106. The summed E-state index contributed by atoms with van der Waals surface area (Å²) in [5.41, 5.74) is 1.95. The first-order chi connectivity index (χ1) is 11.6. The molecule has 5 nitrogen and oxygen atoms in total. The zero-order chi connectivity index (χ0) is 17.4. The number of carbonyl (C=O) groups is 1. The number of amides is 1. The van der Waals surface area contributed by atoms with Crippen molar-refractivity contribution in [2.45, 2.75) is 13.5 Å². The van der Waals surface area contributed by atoms with Gasteiger partial charge in [0.25, 0.3) is 5.91 Å². The molecule has 0 heterocycles. The van der Waals surface area contributed by atoms with E-state index in [2.05, 4.69) is 5.32 Å². The highest BCUT2D eigenvalue weighted by atomic mass is 16.5. The molecule has 24 heavy (non-hydrogen) atoms. The molecule has 0 aliphatic carbocycles. The topological polar surface area (TPSA) is 52.0 Å². The molecule has 5 heteroatoms. The van der Waals surface area contributed by atoms with Crippen molar-refractivity contribution in [2.75, 3.05) is 32.6 Å². The summed E-state index contributed by atoms with van der Waals surface area (Å²) < 4.78 is 10.5. The molecule has 128 valence electrons. The van der Waals surface area contributed by atoms with Gasteiger partial charge >= 0.3 is 0 Å². The van der Waals surface area contributed by atoms with E-state index in [4.69, 9.17) is 9.47 Å². The van der Waals surface area contributed by atoms with Crippen molar-refractivity contribution in [1.82, 2.24) is 0 Å². The van der Waals surface area contributed by atoms with Crippen LogP contribution in [0.25, 0.3) is 0 Å². The van der Waals surface area contributed by atoms with E-state index in [1.807, 2.05) is 62.5 Å². The van der Waals surface area contributed by atoms with Gasteiger partial charge in [0.05, 0.1) is 20.8 Å². The third-order valence-corrected chi connectivity index (χ3v) is 3.58. The zero-order valence-corrected chi connectivity index (χ0v) is 14.5. The second-order valence-corrected chi connectivity index (χ2v) is 5.66. The van der Waals surface area contributed by atoms with E-state index in [9.17, 15) is 4.79 Å². The smallest absolute Gasteiger partial charge is 0.279 e. The minimum atomic E-state index is -0.0106. The Morgan fingerprint density at radius 3 is 2.25 bits per heavy atom. The Hall–Kier alpha value is -2.53. The number of hydrogen-bond donors (Lipinski definition) is 2. The van der Waals surface area contributed by atoms with Gasteiger partial charge in [-0.15, -0.1) is 0 Å². The average molecular weight is 329 g/mol. The molecule has 2 aromatic carbocycles. The number of methoxy groups -OCH3 is 1. The van der Waals surface area contributed by atoms with E-state index in [1.165, 1.54) is 5.56 Å². The molecule has 0 bridgehead atoms. The van der Waals surface area contributed by atoms with Crippen LogP contribution in [-0.2, 0) is 11.3 Å². The Kier molecular flexibility index (Phi) is 6.63. The fraction of sp³-hybridized carbons (Fsp3) is 0.316. The van der Waals surface area contributed by atoms with E-state index in [-0.39, 0.29) is 5.91 Å². The summed E-state index contributed by atoms with van der Waals surface area (Å²) in [6.45, 7) is 3.81. The lowest BCUT2D eigenvalue weighted by Crippen LogP contribution is -3.08. The summed E-state index contributed by atoms with van der Waals surface area (Å²) in [5.74, 6) is 1.63. The molecule has 0 aromatic heterocycles. The normalized spacial score (nSPS) is 11.6. The van der Waals surface area contributed by atoms with Crippen LogP contribution in [0.5, 0.6) is 11.5 Å². The minimum Gasteiger partial charge on any atom is -0.497 e. The molecule has 2 rings (SSSR count). The molecular formula is C19H25N2O3+. The van der Waals surface area contributed by atoms with Gasteiger partial charge in [-0.3, -0.25) is 4.79 Å². The fourth-order valence-corrected chi connectivity index (χ4v) is 2.43. The summed E-state index contributed by atoms with van der Waals surface area (Å²) in [6.07, 6.45) is 0. The van der Waals surface area contributed by atoms with Crippen LogP contribution < -0.4 is 19.7 Å². The van der Waals surface area contributed by atoms with Gasteiger partial charge in [-0.1, -0.05) is 0 Å². The highest BCUT2D eigenvalue weighted by Gasteiger charge is 2.11. The van der Waals surface area contributed by atoms with Gasteiger partial charge in [-0.05, 0) is 55.5 Å². The van der Waals surface area contributed by atoms with Crippen LogP contribution in [0, 0.1) is 0 Å². The Balaban J connectivity index is 1.82. The first-order valence-electron chi connectivity index (χ1n) is 8.07. The second-order valence-electron chi connectivity index (χ2n) is 5.66. The average Bonchev–Trinajstić information content (AvgIpc) is 2.57. The number of likely N-dealkylation sites (N-methyl/N-ethyl adjacent to an activating group) is 1. The zero-order valence-electron chi connectivity index (χ0n) is 14.5. The summed E-state index contributed by atoms with van der Waals surface area (Å²) in [6, 6.07) is 15.3. The predicted octanol–water partition coefficient (Wildman–Crippen LogP) is 1.75. The van der Waals surface area contributed by atoms with Gasteiger partial charge in [0.15, 0.2) is 6.54 Å². The van der Waals surface area contributed by atoms with Crippen LogP contribution in [-0.4, -0.2) is 33.2 Å². The first-order valence-corrected chi connectivity index (χ1v) is 8.07. The Morgan fingerprint density at radius 2 is 1.67 bits per heavy atom. The lowest BCUT2D eigenvalue weighted by molar-refractivity contribution is -0.885. The number of carbonyl (C=O) groups excluding carboxylic acids is 1. The highest BCUT2D eigenvalue weighted by molar-refractivity contribution is 5.91. The fourth-order valence-electron chi connectivity index (χ4n) is 2.43. The van der Waals surface area contributed by atoms with Crippen molar-refractivity contribution in [3.63, 3.8) is 0 Å². The molecule has 2 aromatic rings. The van der Waals surface area contributed by atoms with E-state index in [0.29, 0.717) is 13.2 Å². The van der Waals surface area contributed by atoms with Crippen LogP contribution in [0.2, 0.25) is 0 Å². The molecule has 0 fully saturated rings. The predicted molar refractivity (Wildman–Crippen MR) is 94.7 cm³/mol. The lowest BCUT2D eigenvalue weighted by Gasteiger charge is -2.14. The van der Waals surface area contributed by atoms with Crippen LogP contribution in [0.4, 0.5) is 5.69 Å². The van der Waals surface area contributed by atoms with E-state index >= 15 is 0 Å². The number of quaternary nitrogens is 1. The van der Waals surface area contributed by atoms with Crippen LogP contribution in [0.3, 0.4) is 0 Å². The standard InChI is InChI=1S/C19H24N2O3/c1-4-24-18-9-5-15(6-10-18)13-21(2)14-19(22)20-16-7-11-17(23-3)12-8-16/h5-12H,4,13-14H2,1-3H3,(H,20,22)/p+1. The summed E-state index contributed by atoms with van der Waals surface area (Å²) in [5, 5.41) is 2.90. The van der Waals surface area contributed by atoms with Gasteiger partial charge in [-0.25, -0.2) is 0 Å². The number of rotatable bonds is 8. The van der Waals surface area contributed by atoms with E-state index in [0.717, 1.165) is 28.6 Å². The van der Waals surface area contributed by atoms with Crippen molar-refractivity contribution in [3.05, 3.63) is 54.1 Å². The maximum absolute atomic E-state index is 12.1. The van der Waals surface area contributed by atoms with Gasteiger partial charge in [0.1, 0.15) is 18.0 Å². The van der Waals surface area contributed by atoms with Crippen molar-refractivity contribution in [1.29, 1.82) is 0 Å². The van der Waals surface area contributed by atoms with Gasteiger partial charge in [-0.2, -0.15) is 0 Å². The van der Waals surface area contributed by atoms with Crippen molar-refractivity contribution in [3.8, 4) is 11.5 Å². The molecule has 0 saturated heterocycles. The SMILES string of the molecule is CCOc1ccc(C[NH+](C)CC(=O)Nc2ccc(OC)cc2)cc1. The van der Waals surface area contributed by atoms with Crippen LogP contribution in [0.15, 0.2) is 48.5 Å². The molecule has 0 spiro atoms. The molecule has 2 N–H and O–H groups in total. The Morgan fingerprint density at radius 1 is 1.04 bits per heavy atom. The molecule has 1 atom stereocenters. The number of hydrogen-bond acceptors (Lipinski definition) is 3. The molecule has 0 aliphatic rings. The maximum Gasteiger partial charge on any atom is 0.279 e. The molecule has 1 amide bonds. The molecule has 1 unspecified atom stereocenters. The van der Waals surface area contributed by atoms with Crippen molar-refractivity contribution < 1.29 is 19.2 Å². The van der Waals surface area contributed by atoms with Crippen LogP contribution in [0.1, 0.15) is 12.5 Å². The number of anilines is 1. The van der Waals surface area contributed by atoms with Crippen LogP contribution >= 0.6 is 0 Å². The first kappa shape index (κ1) is 17.8. The number of ether oxygens (including phenoxy) is 2. The summed E-state index contributed by atoms with van der Waals surface area (Å²) >= 11 is 0. The van der Waals surface area contributed by atoms with Gasteiger partial charge in [0, 0.05) is 11.3 Å². The lowest BCUT2D eigenvalue weighted by atomic mass is 10.2. The molecular weight excluding hydrogens is 304 g/mol. The molecule has 0 aliphatic heterocycles. The van der Waals surface area contributed by atoms with Gasteiger partial charge < -0.3 is 19.7 Å². The third-order valence-electron chi connectivity index (χ3n) is 3.58. The Bertz CT molecular complexity index is 639.